The Hall–Kier alpha value is -0.790. The van der Waals surface area contributed by atoms with E-state index < -0.39 is 0 Å². The molecule has 0 amide bonds. The maximum atomic E-state index is 4.50. The summed E-state index contributed by atoms with van der Waals surface area (Å²) in [5, 5.41) is 0. The third kappa shape index (κ3) is 1.06. The number of hydrogen-bond donors (Lipinski definition) is 0. The molecule has 0 aromatic heterocycles. The highest BCUT2D eigenvalue weighted by atomic mass is 15.2. The van der Waals surface area contributed by atoms with Crippen LogP contribution in [0, 0.1) is 0 Å². The van der Waals surface area contributed by atoms with Crippen molar-refractivity contribution >= 4 is 5.71 Å². The van der Waals surface area contributed by atoms with Gasteiger partial charge in [-0.25, -0.2) is 0 Å². The van der Waals surface area contributed by atoms with Gasteiger partial charge in [0.25, 0.3) is 0 Å². The Morgan fingerprint density at radius 1 is 1.55 bits per heavy atom. The van der Waals surface area contributed by atoms with Crippen molar-refractivity contribution in [2.75, 3.05) is 19.6 Å². The average molecular weight is 150 g/mol. The molecule has 2 aliphatic rings. The van der Waals surface area contributed by atoms with Gasteiger partial charge in [-0.05, 0) is 12.8 Å². The van der Waals surface area contributed by atoms with E-state index in [1.165, 1.54) is 24.4 Å². The van der Waals surface area contributed by atoms with E-state index >= 15 is 0 Å². The van der Waals surface area contributed by atoms with E-state index in [-0.39, 0.29) is 0 Å². The second-order valence-corrected chi connectivity index (χ2v) is 3.05. The number of allylic oxidation sites excluding steroid dienone is 1. The fraction of sp³-hybridized carbons (Fsp3) is 0.667. The molecule has 0 aliphatic carbocycles. The molecule has 2 nitrogen and oxygen atoms in total. The minimum Gasteiger partial charge on any atom is -0.368 e. The second kappa shape index (κ2) is 2.68. The monoisotopic (exact) mass is 150 g/mol. The Kier molecular flexibility index (Phi) is 1.68. The van der Waals surface area contributed by atoms with Gasteiger partial charge in [-0.3, -0.25) is 4.99 Å². The molecule has 0 saturated carbocycles. The maximum absolute atomic E-state index is 4.50. The Bertz CT molecular complexity index is 216. The van der Waals surface area contributed by atoms with E-state index in [2.05, 4.69) is 22.9 Å². The van der Waals surface area contributed by atoms with E-state index in [9.17, 15) is 0 Å². The van der Waals surface area contributed by atoms with Gasteiger partial charge < -0.3 is 4.90 Å². The van der Waals surface area contributed by atoms with E-state index in [1.807, 2.05) is 0 Å². The fourth-order valence-electron chi connectivity index (χ4n) is 1.82. The summed E-state index contributed by atoms with van der Waals surface area (Å²) < 4.78 is 0. The Morgan fingerprint density at radius 2 is 2.45 bits per heavy atom. The minimum absolute atomic E-state index is 1.00. The van der Waals surface area contributed by atoms with E-state index in [1.54, 1.807) is 0 Å². The molecule has 60 valence electrons. The van der Waals surface area contributed by atoms with Crippen LogP contribution < -0.4 is 0 Å². The predicted octanol–water partition coefficient (Wildman–Crippen LogP) is 1.44. The smallest absolute Gasteiger partial charge is 0.0576 e. The molecule has 0 spiro atoms. The molecule has 2 aliphatic heterocycles. The number of aliphatic imine (C=N–C) groups is 1. The summed E-state index contributed by atoms with van der Waals surface area (Å²) in [5.41, 5.74) is 2.73. The van der Waals surface area contributed by atoms with Crippen LogP contribution in [0.25, 0.3) is 0 Å². The zero-order valence-corrected chi connectivity index (χ0v) is 7.01. The molecule has 0 atom stereocenters. The van der Waals surface area contributed by atoms with Crippen molar-refractivity contribution < 1.29 is 0 Å². The van der Waals surface area contributed by atoms with Crippen LogP contribution in [0.3, 0.4) is 0 Å². The molecule has 0 aromatic carbocycles. The first-order valence-corrected chi connectivity index (χ1v) is 4.40. The fourth-order valence-corrected chi connectivity index (χ4v) is 1.82. The van der Waals surface area contributed by atoms with Crippen LogP contribution in [0.2, 0.25) is 0 Å². The van der Waals surface area contributed by atoms with E-state index in [0.29, 0.717) is 0 Å². The highest BCUT2D eigenvalue weighted by Crippen LogP contribution is 2.20. The van der Waals surface area contributed by atoms with Crippen LogP contribution in [-0.2, 0) is 0 Å². The summed E-state index contributed by atoms with van der Waals surface area (Å²) in [6.45, 7) is 5.53. The van der Waals surface area contributed by atoms with Gasteiger partial charge in [-0.1, -0.05) is 13.0 Å². The van der Waals surface area contributed by atoms with Crippen LogP contribution in [0.15, 0.2) is 16.8 Å². The molecule has 0 fully saturated rings. The minimum atomic E-state index is 1.00. The van der Waals surface area contributed by atoms with Gasteiger partial charge in [0.2, 0.25) is 0 Å². The van der Waals surface area contributed by atoms with E-state index in [0.717, 1.165) is 19.5 Å². The summed E-state index contributed by atoms with van der Waals surface area (Å²) in [4.78, 5) is 6.95. The van der Waals surface area contributed by atoms with Crippen molar-refractivity contribution in [1.29, 1.82) is 0 Å². The molecule has 2 heteroatoms. The Labute approximate surface area is 67.6 Å². The van der Waals surface area contributed by atoms with Crippen molar-refractivity contribution in [1.82, 2.24) is 4.90 Å². The highest BCUT2D eigenvalue weighted by Gasteiger charge is 2.20. The van der Waals surface area contributed by atoms with Gasteiger partial charge in [0.05, 0.1) is 18.0 Å². The molecule has 0 radical (unpaired) electrons. The lowest BCUT2D eigenvalue weighted by atomic mass is 10.2. The van der Waals surface area contributed by atoms with Crippen LogP contribution in [0.4, 0.5) is 0 Å². The van der Waals surface area contributed by atoms with Crippen molar-refractivity contribution in [3.05, 3.63) is 11.8 Å². The maximum Gasteiger partial charge on any atom is 0.0576 e. The summed E-state index contributed by atoms with van der Waals surface area (Å²) >= 11 is 0. The van der Waals surface area contributed by atoms with Crippen LogP contribution in [0.1, 0.15) is 19.8 Å². The molecule has 11 heavy (non-hydrogen) atoms. The SMILES string of the molecule is CCC1=NCCN2CCC=C12. The van der Waals surface area contributed by atoms with Crippen LogP contribution in [0.5, 0.6) is 0 Å². The topological polar surface area (TPSA) is 15.6 Å². The standard InChI is InChI=1S/C9H14N2/c1-2-8-9-4-3-6-11(9)7-5-10-8/h4H,2-3,5-7H2,1H3. The van der Waals surface area contributed by atoms with Crippen molar-refractivity contribution in [2.45, 2.75) is 19.8 Å². The normalized spacial score (nSPS) is 22.8. The molecule has 0 unspecified atom stereocenters. The Morgan fingerprint density at radius 3 is 3.27 bits per heavy atom. The lowest BCUT2D eigenvalue weighted by molar-refractivity contribution is 0.391. The molecule has 0 saturated heterocycles. The molecule has 2 heterocycles. The Balaban J connectivity index is 2.25. The van der Waals surface area contributed by atoms with Gasteiger partial charge >= 0.3 is 0 Å². The van der Waals surface area contributed by atoms with E-state index in [4.69, 9.17) is 0 Å². The number of nitrogens with zero attached hydrogens (tertiary/aromatic N) is 2. The van der Waals surface area contributed by atoms with Crippen LogP contribution >= 0.6 is 0 Å². The zero-order chi connectivity index (χ0) is 7.68. The summed E-state index contributed by atoms with van der Waals surface area (Å²) in [7, 11) is 0. The molecule has 2 rings (SSSR count). The molecular formula is C9H14N2. The quantitative estimate of drug-likeness (QED) is 0.552. The van der Waals surface area contributed by atoms with Crippen molar-refractivity contribution in [3.8, 4) is 0 Å². The third-order valence-electron chi connectivity index (χ3n) is 2.38. The molecule has 0 bridgehead atoms. The zero-order valence-electron chi connectivity index (χ0n) is 7.01. The number of rotatable bonds is 1. The first kappa shape index (κ1) is 6.89. The predicted molar refractivity (Wildman–Crippen MR) is 46.9 cm³/mol. The summed E-state index contributed by atoms with van der Waals surface area (Å²) in [6.07, 6.45) is 4.62. The molecule has 0 N–H and O–H groups in total. The number of fused-ring (bicyclic) bond motifs is 1. The first-order chi connectivity index (χ1) is 5.42. The largest absolute Gasteiger partial charge is 0.368 e. The van der Waals surface area contributed by atoms with Gasteiger partial charge in [0.1, 0.15) is 0 Å². The third-order valence-corrected chi connectivity index (χ3v) is 2.38. The summed E-state index contributed by atoms with van der Waals surface area (Å²) in [5.74, 6) is 0. The van der Waals surface area contributed by atoms with Crippen LogP contribution in [-0.4, -0.2) is 30.2 Å². The second-order valence-electron chi connectivity index (χ2n) is 3.05. The van der Waals surface area contributed by atoms with Gasteiger partial charge in [0, 0.05) is 13.1 Å². The van der Waals surface area contributed by atoms with Crippen molar-refractivity contribution in [3.63, 3.8) is 0 Å². The van der Waals surface area contributed by atoms with Gasteiger partial charge in [-0.15, -0.1) is 0 Å². The molecule has 0 aromatic rings. The molecular weight excluding hydrogens is 136 g/mol. The highest BCUT2D eigenvalue weighted by molar-refractivity contribution is 6.00. The number of hydrogen-bond acceptors (Lipinski definition) is 2. The summed E-state index contributed by atoms with van der Waals surface area (Å²) in [6, 6.07) is 0. The lowest BCUT2D eigenvalue weighted by Gasteiger charge is -2.26. The lowest BCUT2D eigenvalue weighted by Crippen LogP contribution is -2.31. The van der Waals surface area contributed by atoms with Gasteiger partial charge in [0.15, 0.2) is 0 Å². The van der Waals surface area contributed by atoms with Crippen molar-refractivity contribution in [2.24, 2.45) is 4.99 Å². The van der Waals surface area contributed by atoms with Gasteiger partial charge in [-0.2, -0.15) is 0 Å². The average Bonchev–Trinajstić information content (AvgIpc) is 2.50. The first-order valence-electron chi connectivity index (χ1n) is 4.40.